The number of anilines is 1. The van der Waals surface area contributed by atoms with Gasteiger partial charge in [-0.05, 0) is 13.0 Å². The number of nitrogens with one attached hydrogen (secondary N) is 4. The predicted molar refractivity (Wildman–Crippen MR) is 109 cm³/mol. The van der Waals surface area contributed by atoms with Crippen LogP contribution >= 0.6 is 11.6 Å². The topological polar surface area (TPSA) is 138 Å². The van der Waals surface area contributed by atoms with E-state index >= 15 is 0 Å². The monoisotopic (exact) mass is 437 g/mol. The molecule has 9 nitrogen and oxygen atoms in total. The smallest absolute Gasteiger partial charge is 0.319 e. The number of carbonyl (C=O) groups is 1. The Morgan fingerprint density at radius 2 is 2.10 bits per heavy atom. The van der Waals surface area contributed by atoms with Gasteiger partial charge in [-0.2, -0.15) is 0 Å². The van der Waals surface area contributed by atoms with Crippen molar-refractivity contribution in [2.45, 2.75) is 6.92 Å². The predicted octanol–water partition coefficient (Wildman–Crippen LogP) is 3.53. The average molecular weight is 438 g/mol. The van der Waals surface area contributed by atoms with E-state index in [4.69, 9.17) is 27.0 Å². The van der Waals surface area contributed by atoms with E-state index in [9.17, 15) is 13.6 Å². The molecule has 1 aromatic carbocycles. The van der Waals surface area contributed by atoms with Gasteiger partial charge in [0.05, 0.1) is 27.8 Å². The van der Waals surface area contributed by atoms with E-state index in [0.29, 0.717) is 11.0 Å². The lowest BCUT2D eigenvalue weighted by molar-refractivity contribution is 0.253. The van der Waals surface area contributed by atoms with Crippen molar-refractivity contribution in [1.29, 1.82) is 5.41 Å². The molecular weight excluding hydrogens is 422 g/mol. The lowest BCUT2D eigenvalue weighted by Crippen LogP contribution is -2.35. The minimum atomic E-state index is -1.05. The lowest BCUT2D eigenvalue weighted by Gasteiger charge is -2.12. The molecule has 12 heteroatoms. The Bertz CT molecular complexity index is 1140. The maximum Gasteiger partial charge on any atom is 0.319 e. The van der Waals surface area contributed by atoms with Gasteiger partial charge in [0.1, 0.15) is 11.4 Å². The van der Waals surface area contributed by atoms with Crippen LogP contribution in [0.5, 0.6) is 11.5 Å². The second kappa shape index (κ2) is 8.74. The molecule has 2 amide bonds. The normalized spacial score (nSPS) is 11.4. The van der Waals surface area contributed by atoms with Gasteiger partial charge in [0, 0.05) is 30.2 Å². The van der Waals surface area contributed by atoms with E-state index in [1.807, 2.05) is 0 Å². The molecule has 0 unspecified atom stereocenters. The van der Waals surface area contributed by atoms with Crippen molar-refractivity contribution >= 4 is 45.8 Å². The van der Waals surface area contributed by atoms with Gasteiger partial charge in [-0.15, -0.1) is 0 Å². The summed E-state index contributed by atoms with van der Waals surface area (Å²) < 4.78 is 34.4. The van der Waals surface area contributed by atoms with Gasteiger partial charge >= 0.3 is 6.03 Å². The largest absolute Gasteiger partial charge is 0.469 e. The molecule has 0 atom stereocenters. The zero-order chi connectivity index (χ0) is 21.8. The molecule has 0 saturated carbocycles. The molecule has 6 N–H and O–H groups in total. The summed E-state index contributed by atoms with van der Waals surface area (Å²) in [6.45, 7) is 1.22. The van der Waals surface area contributed by atoms with Crippen molar-refractivity contribution in [3.8, 4) is 11.5 Å². The second-order valence-corrected chi connectivity index (χ2v) is 6.44. The van der Waals surface area contributed by atoms with Gasteiger partial charge in [0.25, 0.3) is 0 Å². The maximum atomic E-state index is 14.5. The van der Waals surface area contributed by atoms with Crippen LogP contribution in [0.4, 0.5) is 19.3 Å². The molecule has 0 saturated heterocycles. The Balaban J connectivity index is 1.76. The molecule has 0 aliphatic carbocycles. The zero-order valence-electron chi connectivity index (χ0n) is 15.4. The molecule has 2 aromatic heterocycles. The third kappa shape index (κ3) is 4.46. The minimum Gasteiger partial charge on any atom is -0.469 e. The van der Waals surface area contributed by atoms with Crippen molar-refractivity contribution in [2.75, 3.05) is 11.9 Å². The molecular formula is C18H16ClF2N6O3+. The number of benzene rings is 1. The van der Waals surface area contributed by atoms with Crippen LogP contribution in [-0.4, -0.2) is 39.2 Å². The number of amides is 2. The van der Waals surface area contributed by atoms with Crippen molar-refractivity contribution in [1.82, 2.24) is 15.3 Å². The minimum absolute atomic E-state index is 0.0108. The van der Waals surface area contributed by atoms with Gasteiger partial charge in [-0.1, -0.05) is 11.6 Å². The van der Waals surface area contributed by atoms with Gasteiger partial charge in [-0.3, -0.25) is 0 Å². The van der Waals surface area contributed by atoms with Crippen LogP contribution in [0.2, 0.25) is 5.02 Å². The fourth-order valence-electron chi connectivity index (χ4n) is 2.51. The van der Waals surface area contributed by atoms with Crippen LogP contribution in [0, 0.1) is 17.0 Å². The third-order valence-corrected chi connectivity index (χ3v) is 4.24. The summed E-state index contributed by atoms with van der Waals surface area (Å²) in [6.07, 6.45) is 2.87. The average Bonchev–Trinajstić information content (AvgIpc) is 3.07. The molecule has 156 valence electrons. The molecule has 2 heterocycles. The lowest BCUT2D eigenvalue weighted by atomic mass is 10.2. The van der Waals surface area contributed by atoms with Gasteiger partial charge in [-0.25, -0.2) is 18.6 Å². The van der Waals surface area contributed by atoms with E-state index < -0.39 is 23.4 Å². The molecule has 3 rings (SSSR count). The number of pyridine rings is 1. The Morgan fingerprint density at radius 1 is 1.40 bits per heavy atom. The van der Waals surface area contributed by atoms with Crippen LogP contribution in [0.3, 0.4) is 0 Å². The van der Waals surface area contributed by atoms with Crippen molar-refractivity contribution in [3.63, 3.8) is 0 Å². The van der Waals surface area contributed by atoms with Crippen LogP contribution in [-0.2, 0) is 0 Å². The number of halogens is 3. The number of aromatic nitrogens is 2. The first kappa shape index (κ1) is 21.0. The molecule has 0 bridgehead atoms. The second-order valence-electron chi connectivity index (χ2n) is 6.03. The van der Waals surface area contributed by atoms with E-state index in [-0.39, 0.29) is 34.4 Å². The number of H-pyrrole nitrogens is 1. The number of rotatable bonds is 6. The molecule has 3 aromatic rings. The molecule has 0 aliphatic heterocycles. The van der Waals surface area contributed by atoms with Gasteiger partial charge < -0.3 is 31.0 Å². The Kier molecular flexibility index (Phi) is 6.11. The first-order valence-electron chi connectivity index (χ1n) is 8.42. The highest BCUT2D eigenvalue weighted by Crippen LogP contribution is 2.36. The first-order chi connectivity index (χ1) is 14.3. The fraction of sp³-hybridized carbons (Fsp3) is 0.111. The fourth-order valence-corrected chi connectivity index (χ4v) is 2.75. The summed E-state index contributed by atoms with van der Waals surface area (Å²) in [5.74, 6) is -2.67. The summed E-state index contributed by atoms with van der Waals surface area (Å²) >= 11 is 6.06. The highest BCUT2D eigenvalue weighted by atomic mass is 35.5. The zero-order valence-corrected chi connectivity index (χ0v) is 16.2. The number of ether oxygens (including phenoxy) is 1. The number of hydrogen-bond donors (Lipinski definition) is 4. The van der Waals surface area contributed by atoms with Crippen molar-refractivity contribution in [2.24, 2.45) is 5.16 Å². The molecule has 30 heavy (non-hydrogen) atoms. The van der Waals surface area contributed by atoms with E-state index in [2.05, 4.69) is 25.8 Å². The summed E-state index contributed by atoms with van der Waals surface area (Å²) in [6, 6.07) is 2.39. The summed E-state index contributed by atoms with van der Waals surface area (Å²) in [7, 11) is 0. The number of urea groups is 1. The standard InChI is InChI=1S/C18H15ClF2N6O3/c1-8(22)13(27-29)7-25-18(28)26-9-4-11(20)16(12(21)5-9)30-14-2-3-23-17-15(14)10(19)6-24-17/h2-6,22,29H,7H2,1H3,(H,23,24)(H2,25,26,28)/p+1/b22-8?,27-13-. The number of carbonyl (C=O) groups excluding carboxylic acids is 1. The van der Waals surface area contributed by atoms with Crippen LogP contribution in [0.25, 0.3) is 11.0 Å². The molecule has 0 aliphatic rings. The Hall–Kier alpha value is -3.73. The summed E-state index contributed by atoms with van der Waals surface area (Å²) in [5, 5.41) is 22.7. The number of nitrogens with zero attached hydrogens (tertiary/aromatic N) is 2. The highest BCUT2D eigenvalue weighted by Gasteiger charge is 2.18. The SMILES string of the molecule is CC(=N)/C(CNC(=O)Nc1cc(F)c(Oc2ccnc3[nH]cc(Cl)c23)c(F)c1)=N\[OH2+]. The summed E-state index contributed by atoms with van der Waals surface area (Å²) in [4.78, 5) is 18.8. The first-order valence-corrected chi connectivity index (χ1v) is 8.80. The molecule has 0 fully saturated rings. The maximum absolute atomic E-state index is 14.5. The highest BCUT2D eigenvalue weighted by molar-refractivity contribution is 6.41. The van der Waals surface area contributed by atoms with E-state index in [0.717, 1.165) is 12.1 Å². The van der Waals surface area contributed by atoms with Crippen LogP contribution < -0.4 is 15.4 Å². The number of fused-ring (bicyclic) bond motifs is 1. The molecule has 0 spiro atoms. The van der Waals surface area contributed by atoms with E-state index in [1.54, 1.807) is 0 Å². The van der Waals surface area contributed by atoms with Gasteiger partial charge in [0.2, 0.25) is 0 Å². The van der Waals surface area contributed by atoms with Crippen LogP contribution in [0.1, 0.15) is 6.92 Å². The Morgan fingerprint density at radius 3 is 2.73 bits per heavy atom. The van der Waals surface area contributed by atoms with Crippen molar-refractivity contribution in [3.05, 3.63) is 47.2 Å². The quantitative estimate of drug-likeness (QED) is 0.266. The van der Waals surface area contributed by atoms with E-state index in [1.165, 1.54) is 25.4 Å². The van der Waals surface area contributed by atoms with Crippen LogP contribution in [0.15, 0.2) is 35.7 Å². The number of aromatic amines is 1. The third-order valence-electron chi connectivity index (χ3n) is 3.94. The van der Waals surface area contributed by atoms with Gasteiger partial charge in [0.15, 0.2) is 23.1 Å². The summed E-state index contributed by atoms with van der Waals surface area (Å²) in [5.41, 5.74) is 0.282. The Labute approximate surface area is 173 Å². The number of hydrogen-bond acceptors (Lipinski definition) is 5. The molecule has 0 radical (unpaired) electrons. The van der Waals surface area contributed by atoms with Crippen molar-refractivity contribution < 1.29 is 23.5 Å².